The Bertz CT molecular complexity index is 1570. The van der Waals surface area contributed by atoms with Gasteiger partial charge in [-0.15, -0.1) is 0 Å². The number of amides is 1. The highest BCUT2D eigenvalue weighted by Crippen LogP contribution is 2.32. The summed E-state index contributed by atoms with van der Waals surface area (Å²) in [6.45, 7) is -0.0724. The van der Waals surface area contributed by atoms with Crippen LogP contribution in [0.5, 0.6) is 11.5 Å². The van der Waals surface area contributed by atoms with E-state index in [4.69, 9.17) is 21.1 Å². The van der Waals surface area contributed by atoms with Crippen LogP contribution in [0.3, 0.4) is 0 Å². The van der Waals surface area contributed by atoms with Crippen molar-refractivity contribution < 1.29 is 22.7 Å². The van der Waals surface area contributed by atoms with E-state index in [-0.39, 0.29) is 11.4 Å². The summed E-state index contributed by atoms with van der Waals surface area (Å²) >= 11 is 6.03. The van der Waals surface area contributed by atoms with Gasteiger partial charge in [0.2, 0.25) is 10.0 Å². The number of methoxy groups -OCH3 is 1. The van der Waals surface area contributed by atoms with Crippen LogP contribution in [-0.4, -0.2) is 40.4 Å². The van der Waals surface area contributed by atoms with Gasteiger partial charge in [0.15, 0.2) is 0 Å². The SMILES string of the molecule is COc1ccc(Cl)cc1N(CC(=O)N/N=C\c1ccc(OCc2ccc3ccccc3c2)cc1)S(C)(=O)=O. The Balaban J connectivity index is 1.34. The number of anilines is 1. The van der Waals surface area contributed by atoms with Crippen LogP contribution >= 0.6 is 11.6 Å². The summed E-state index contributed by atoms with van der Waals surface area (Å²) in [5, 5.41) is 6.58. The van der Waals surface area contributed by atoms with Crippen LogP contribution in [0, 0.1) is 0 Å². The van der Waals surface area contributed by atoms with Crippen molar-refractivity contribution in [3.8, 4) is 11.5 Å². The summed E-state index contributed by atoms with van der Waals surface area (Å²) in [4.78, 5) is 12.5. The second kappa shape index (κ2) is 12.0. The molecule has 0 atom stereocenters. The van der Waals surface area contributed by atoms with Crippen LogP contribution in [0.15, 0.2) is 90.0 Å². The lowest BCUT2D eigenvalue weighted by Gasteiger charge is -2.23. The Morgan fingerprint density at radius 3 is 2.45 bits per heavy atom. The van der Waals surface area contributed by atoms with E-state index >= 15 is 0 Å². The second-order valence-electron chi connectivity index (χ2n) is 8.42. The van der Waals surface area contributed by atoms with Gasteiger partial charge in [-0.05, 0) is 70.4 Å². The molecule has 0 aliphatic rings. The van der Waals surface area contributed by atoms with Crippen molar-refractivity contribution in [3.63, 3.8) is 0 Å². The first-order chi connectivity index (χ1) is 18.2. The lowest BCUT2D eigenvalue weighted by atomic mass is 10.1. The number of fused-ring (bicyclic) bond motifs is 1. The Kier molecular flexibility index (Phi) is 8.50. The first kappa shape index (κ1) is 27.0. The predicted molar refractivity (Wildman–Crippen MR) is 151 cm³/mol. The number of carbonyl (C=O) groups is 1. The lowest BCUT2D eigenvalue weighted by molar-refractivity contribution is -0.119. The number of nitrogens with zero attached hydrogens (tertiary/aromatic N) is 2. The second-order valence-corrected chi connectivity index (χ2v) is 10.8. The van der Waals surface area contributed by atoms with Gasteiger partial charge in [-0.2, -0.15) is 5.10 Å². The fourth-order valence-electron chi connectivity index (χ4n) is 3.73. The van der Waals surface area contributed by atoms with Crippen molar-refractivity contribution in [3.05, 3.63) is 101 Å². The average molecular weight is 552 g/mol. The van der Waals surface area contributed by atoms with Crippen molar-refractivity contribution in [2.45, 2.75) is 6.61 Å². The van der Waals surface area contributed by atoms with Crippen LogP contribution in [0.1, 0.15) is 11.1 Å². The van der Waals surface area contributed by atoms with Crippen molar-refractivity contribution in [1.82, 2.24) is 5.43 Å². The normalized spacial score (nSPS) is 11.4. The van der Waals surface area contributed by atoms with E-state index < -0.39 is 22.5 Å². The van der Waals surface area contributed by atoms with Crippen LogP contribution in [-0.2, 0) is 21.4 Å². The third-order valence-electron chi connectivity index (χ3n) is 5.60. The zero-order valence-corrected chi connectivity index (χ0v) is 22.4. The van der Waals surface area contributed by atoms with Gasteiger partial charge in [-0.1, -0.05) is 48.0 Å². The fourth-order valence-corrected chi connectivity index (χ4v) is 4.75. The number of nitrogens with one attached hydrogen (secondary N) is 1. The Labute approximate surface area is 226 Å². The molecule has 1 N–H and O–H groups in total. The minimum absolute atomic E-state index is 0.154. The quantitative estimate of drug-likeness (QED) is 0.221. The number of ether oxygens (including phenoxy) is 2. The van der Waals surface area contributed by atoms with E-state index in [0.717, 1.165) is 27.1 Å². The number of hydrogen-bond acceptors (Lipinski definition) is 6. The molecule has 4 rings (SSSR count). The van der Waals surface area contributed by atoms with Crippen molar-refractivity contribution in [2.24, 2.45) is 5.10 Å². The molecule has 0 aliphatic heterocycles. The first-order valence-electron chi connectivity index (χ1n) is 11.6. The number of benzene rings is 4. The van der Waals surface area contributed by atoms with Gasteiger partial charge in [-0.25, -0.2) is 13.8 Å². The highest BCUT2D eigenvalue weighted by atomic mass is 35.5. The highest BCUT2D eigenvalue weighted by Gasteiger charge is 2.24. The maximum Gasteiger partial charge on any atom is 0.260 e. The summed E-state index contributed by atoms with van der Waals surface area (Å²) < 4.78 is 36.8. The maximum absolute atomic E-state index is 12.5. The summed E-state index contributed by atoms with van der Waals surface area (Å²) in [6.07, 6.45) is 2.45. The molecule has 0 aromatic heterocycles. The van der Waals surface area contributed by atoms with Gasteiger partial charge in [0.25, 0.3) is 5.91 Å². The standard InChI is InChI=1S/C28H26ClN3O5S/c1-36-27-14-11-24(29)16-26(27)32(38(2,34)35)18-28(33)31-30-17-20-8-12-25(13-9-20)37-19-21-7-10-22-5-3-4-6-23(22)15-21/h3-17H,18-19H2,1-2H3,(H,31,33)/b30-17-. The molecule has 4 aromatic rings. The Morgan fingerprint density at radius 2 is 1.74 bits per heavy atom. The molecule has 38 heavy (non-hydrogen) atoms. The largest absolute Gasteiger partial charge is 0.495 e. The molecule has 0 aliphatic carbocycles. The molecule has 10 heteroatoms. The summed E-state index contributed by atoms with van der Waals surface area (Å²) in [7, 11) is -2.41. The van der Waals surface area contributed by atoms with Gasteiger partial charge in [0, 0.05) is 5.02 Å². The predicted octanol–water partition coefficient (Wildman–Crippen LogP) is 5.00. The maximum atomic E-state index is 12.5. The van der Waals surface area contributed by atoms with E-state index in [1.54, 1.807) is 30.3 Å². The minimum atomic E-state index is -3.81. The highest BCUT2D eigenvalue weighted by molar-refractivity contribution is 7.92. The summed E-state index contributed by atoms with van der Waals surface area (Å²) in [5.41, 5.74) is 4.29. The molecule has 0 radical (unpaired) electrons. The average Bonchev–Trinajstić information content (AvgIpc) is 2.90. The number of rotatable bonds is 10. The van der Waals surface area contributed by atoms with Gasteiger partial charge in [0.1, 0.15) is 24.7 Å². The van der Waals surface area contributed by atoms with Crippen LogP contribution in [0.25, 0.3) is 10.8 Å². The van der Waals surface area contributed by atoms with Gasteiger partial charge in [-0.3, -0.25) is 9.10 Å². The molecule has 0 saturated heterocycles. The molecule has 0 unspecified atom stereocenters. The number of halogens is 1. The zero-order valence-electron chi connectivity index (χ0n) is 20.8. The minimum Gasteiger partial charge on any atom is -0.495 e. The monoisotopic (exact) mass is 551 g/mol. The molecule has 0 spiro atoms. The molecular weight excluding hydrogens is 526 g/mol. The number of sulfonamides is 1. The van der Waals surface area contributed by atoms with Crippen LogP contribution in [0.2, 0.25) is 5.02 Å². The topological polar surface area (TPSA) is 97.3 Å². The van der Waals surface area contributed by atoms with Crippen LogP contribution in [0.4, 0.5) is 5.69 Å². The van der Waals surface area contributed by atoms with E-state index in [9.17, 15) is 13.2 Å². The zero-order chi connectivity index (χ0) is 27.1. The van der Waals surface area contributed by atoms with E-state index in [0.29, 0.717) is 17.4 Å². The first-order valence-corrected chi connectivity index (χ1v) is 13.8. The molecule has 4 aromatic carbocycles. The summed E-state index contributed by atoms with van der Waals surface area (Å²) in [6, 6.07) is 26.1. The molecular formula is C28H26ClN3O5S. The molecule has 196 valence electrons. The third-order valence-corrected chi connectivity index (χ3v) is 6.96. The number of hydrazone groups is 1. The van der Waals surface area contributed by atoms with Crippen LogP contribution < -0.4 is 19.2 Å². The fraction of sp³-hybridized carbons (Fsp3) is 0.143. The van der Waals surface area contributed by atoms with Crippen molar-refractivity contribution in [1.29, 1.82) is 0 Å². The number of carbonyl (C=O) groups excluding carboxylic acids is 1. The van der Waals surface area contributed by atoms with E-state index in [1.165, 1.54) is 30.8 Å². The lowest BCUT2D eigenvalue weighted by Crippen LogP contribution is -2.39. The van der Waals surface area contributed by atoms with Crippen molar-refractivity contribution >= 4 is 50.2 Å². The molecule has 0 saturated carbocycles. The number of hydrogen-bond donors (Lipinski definition) is 1. The van der Waals surface area contributed by atoms with Gasteiger partial charge < -0.3 is 9.47 Å². The molecule has 0 fully saturated rings. The molecule has 0 bridgehead atoms. The van der Waals surface area contributed by atoms with E-state index in [1.807, 2.05) is 18.2 Å². The Hall–Kier alpha value is -4.08. The molecule has 0 heterocycles. The molecule has 1 amide bonds. The smallest absolute Gasteiger partial charge is 0.260 e. The van der Waals surface area contributed by atoms with Crippen molar-refractivity contribution in [2.75, 3.05) is 24.2 Å². The third kappa shape index (κ3) is 7.02. The van der Waals surface area contributed by atoms with Gasteiger partial charge in [0.05, 0.1) is 25.3 Å². The summed E-state index contributed by atoms with van der Waals surface area (Å²) in [5.74, 6) is 0.321. The van der Waals surface area contributed by atoms with Gasteiger partial charge >= 0.3 is 0 Å². The van der Waals surface area contributed by atoms with E-state index in [2.05, 4.69) is 34.8 Å². The Morgan fingerprint density at radius 1 is 1.00 bits per heavy atom. The molecule has 8 nitrogen and oxygen atoms in total.